The molecule has 2 aromatic carbocycles. The monoisotopic (exact) mass is 436 g/mol. The normalized spacial score (nSPS) is 11.6. The standard InChI is InChI=1S/C22H26F2N2O5/c1-12(2)19(26-21(27)18-14(23)7-6-8-15(18)24)22(28)25-11-13-9-16(29-3)20(31-5)17(10-13)30-4/h6-10,12,19H,11H2,1-5H3,(H,25,28)(H,26,27)/t19-/m0/s1. The first-order valence-corrected chi connectivity index (χ1v) is 9.54. The van der Waals surface area contributed by atoms with Crippen LogP contribution in [0.2, 0.25) is 0 Å². The van der Waals surface area contributed by atoms with Crippen molar-refractivity contribution in [3.63, 3.8) is 0 Å². The van der Waals surface area contributed by atoms with E-state index >= 15 is 0 Å². The largest absolute Gasteiger partial charge is 0.493 e. The Morgan fingerprint density at radius 2 is 1.52 bits per heavy atom. The van der Waals surface area contributed by atoms with E-state index in [0.717, 1.165) is 18.2 Å². The third-order valence-corrected chi connectivity index (χ3v) is 4.62. The van der Waals surface area contributed by atoms with Crippen LogP contribution in [0.1, 0.15) is 29.8 Å². The van der Waals surface area contributed by atoms with Gasteiger partial charge in [0, 0.05) is 6.54 Å². The van der Waals surface area contributed by atoms with E-state index in [9.17, 15) is 18.4 Å². The quantitative estimate of drug-likeness (QED) is 0.631. The number of halogens is 2. The summed E-state index contributed by atoms with van der Waals surface area (Å²) in [6.45, 7) is 3.52. The van der Waals surface area contributed by atoms with Crippen LogP contribution in [0, 0.1) is 17.6 Å². The number of nitrogens with one attached hydrogen (secondary N) is 2. The van der Waals surface area contributed by atoms with Crippen LogP contribution in [0.25, 0.3) is 0 Å². The van der Waals surface area contributed by atoms with Gasteiger partial charge in [-0.3, -0.25) is 9.59 Å². The van der Waals surface area contributed by atoms with E-state index in [0.29, 0.717) is 22.8 Å². The van der Waals surface area contributed by atoms with Gasteiger partial charge < -0.3 is 24.8 Å². The summed E-state index contributed by atoms with van der Waals surface area (Å²) in [5, 5.41) is 5.13. The number of benzene rings is 2. The number of carbonyl (C=O) groups excluding carboxylic acids is 2. The van der Waals surface area contributed by atoms with Crippen LogP contribution in [-0.2, 0) is 11.3 Å². The minimum atomic E-state index is -1.01. The summed E-state index contributed by atoms with van der Waals surface area (Å²) in [4.78, 5) is 25.1. The molecular formula is C22H26F2N2O5. The number of amides is 2. The van der Waals surface area contributed by atoms with E-state index in [1.54, 1.807) is 26.0 Å². The highest BCUT2D eigenvalue weighted by molar-refractivity contribution is 5.98. The van der Waals surface area contributed by atoms with E-state index in [4.69, 9.17) is 14.2 Å². The lowest BCUT2D eigenvalue weighted by atomic mass is 10.0. The average molecular weight is 436 g/mol. The summed E-state index contributed by atoms with van der Waals surface area (Å²) >= 11 is 0. The molecule has 0 aliphatic heterocycles. The molecule has 0 aliphatic carbocycles. The second kappa shape index (κ2) is 10.6. The maximum atomic E-state index is 13.9. The van der Waals surface area contributed by atoms with Gasteiger partial charge in [0.2, 0.25) is 11.7 Å². The Balaban J connectivity index is 2.16. The van der Waals surface area contributed by atoms with Crippen molar-refractivity contribution < 1.29 is 32.6 Å². The summed E-state index contributed by atoms with van der Waals surface area (Å²) in [5.74, 6) is -2.58. The highest BCUT2D eigenvalue weighted by Gasteiger charge is 2.27. The number of hydrogen-bond acceptors (Lipinski definition) is 5. The van der Waals surface area contributed by atoms with E-state index in [1.807, 2.05) is 0 Å². The third-order valence-electron chi connectivity index (χ3n) is 4.62. The molecule has 0 unspecified atom stereocenters. The molecule has 0 saturated heterocycles. The molecule has 0 spiro atoms. The number of hydrogen-bond donors (Lipinski definition) is 2. The molecule has 0 bridgehead atoms. The predicted molar refractivity (Wildman–Crippen MR) is 110 cm³/mol. The molecule has 0 fully saturated rings. The summed E-state index contributed by atoms with van der Waals surface area (Å²) in [6.07, 6.45) is 0. The molecule has 2 amide bonds. The predicted octanol–water partition coefficient (Wildman–Crippen LogP) is 3.06. The van der Waals surface area contributed by atoms with Gasteiger partial charge in [0.25, 0.3) is 5.91 Å². The highest BCUT2D eigenvalue weighted by atomic mass is 19.1. The maximum Gasteiger partial charge on any atom is 0.257 e. The second-order valence-corrected chi connectivity index (χ2v) is 7.04. The molecule has 7 nitrogen and oxygen atoms in total. The van der Waals surface area contributed by atoms with Gasteiger partial charge in [-0.05, 0) is 35.7 Å². The van der Waals surface area contributed by atoms with Gasteiger partial charge in [-0.15, -0.1) is 0 Å². The molecule has 0 aromatic heterocycles. The van der Waals surface area contributed by atoms with Gasteiger partial charge >= 0.3 is 0 Å². The zero-order chi connectivity index (χ0) is 23.1. The Bertz CT molecular complexity index is 904. The zero-order valence-electron chi connectivity index (χ0n) is 18.0. The van der Waals surface area contributed by atoms with Crippen molar-refractivity contribution in [1.82, 2.24) is 10.6 Å². The second-order valence-electron chi connectivity index (χ2n) is 7.04. The molecule has 1 atom stereocenters. The van der Waals surface area contributed by atoms with Gasteiger partial charge in [-0.1, -0.05) is 19.9 Å². The Labute approximate surface area is 179 Å². The number of rotatable bonds is 9. The summed E-state index contributed by atoms with van der Waals surface area (Å²) in [5.41, 5.74) is -0.0672. The van der Waals surface area contributed by atoms with Crippen LogP contribution in [0.4, 0.5) is 8.78 Å². The fourth-order valence-corrected chi connectivity index (χ4v) is 3.00. The Hall–Kier alpha value is -3.36. The van der Waals surface area contributed by atoms with Gasteiger partial charge in [0.1, 0.15) is 23.2 Å². The topological polar surface area (TPSA) is 85.9 Å². The fourth-order valence-electron chi connectivity index (χ4n) is 3.00. The lowest BCUT2D eigenvalue weighted by molar-refractivity contribution is -0.124. The van der Waals surface area contributed by atoms with Crippen LogP contribution in [0.3, 0.4) is 0 Å². The minimum absolute atomic E-state index is 0.0999. The maximum absolute atomic E-state index is 13.9. The number of methoxy groups -OCH3 is 3. The first-order chi connectivity index (χ1) is 14.7. The highest BCUT2D eigenvalue weighted by Crippen LogP contribution is 2.38. The van der Waals surface area contributed by atoms with E-state index < -0.39 is 35.1 Å². The van der Waals surface area contributed by atoms with Crippen molar-refractivity contribution in [2.45, 2.75) is 26.4 Å². The van der Waals surface area contributed by atoms with Crippen LogP contribution in [0.5, 0.6) is 17.2 Å². The Morgan fingerprint density at radius 3 is 1.97 bits per heavy atom. The first-order valence-electron chi connectivity index (χ1n) is 9.54. The fraction of sp³-hybridized carbons (Fsp3) is 0.364. The van der Waals surface area contributed by atoms with Gasteiger partial charge in [-0.2, -0.15) is 0 Å². The minimum Gasteiger partial charge on any atom is -0.493 e. The smallest absolute Gasteiger partial charge is 0.257 e. The molecule has 0 saturated carbocycles. The number of carbonyl (C=O) groups is 2. The molecule has 0 heterocycles. The van der Waals surface area contributed by atoms with Crippen molar-refractivity contribution in [2.75, 3.05) is 21.3 Å². The van der Waals surface area contributed by atoms with Crippen molar-refractivity contribution in [3.8, 4) is 17.2 Å². The lowest BCUT2D eigenvalue weighted by Crippen LogP contribution is -2.49. The van der Waals surface area contributed by atoms with Gasteiger partial charge in [0.05, 0.1) is 21.3 Å². The molecular weight excluding hydrogens is 410 g/mol. The average Bonchev–Trinajstić information content (AvgIpc) is 2.74. The molecule has 2 N–H and O–H groups in total. The first kappa shape index (κ1) is 23.9. The zero-order valence-corrected chi connectivity index (χ0v) is 18.0. The van der Waals surface area contributed by atoms with E-state index in [1.165, 1.54) is 21.3 Å². The van der Waals surface area contributed by atoms with Crippen molar-refractivity contribution in [2.24, 2.45) is 5.92 Å². The summed E-state index contributed by atoms with van der Waals surface area (Å²) in [7, 11) is 4.44. The Kier molecular flexibility index (Phi) is 8.18. The molecule has 2 aromatic rings. The van der Waals surface area contributed by atoms with Crippen molar-refractivity contribution in [1.29, 1.82) is 0 Å². The van der Waals surface area contributed by atoms with Gasteiger partial charge in [-0.25, -0.2) is 8.78 Å². The summed E-state index contributed by atoms with van der Waals surface area (Å²) in [6, 6.07) is 5.47. The Morgan fingerprint density at radius 1 is 0.968 bits per heavy atom. The van der Waals surface area contributed by atoms with Crippen LogP contribution in [-0.4, -0.2) is 39.2 Å². The van der Waals surface area contributed by atoms with Crippen molar-refractivity contribution >= 4 is 11.8 Å². The van der Waals surface area contributed by atoms with Gasteiger partial charge in [0.15, 0.2) is 11.5 Å². The molecule has 168 valence electrons. The third kappa shape index (κ3) is 5.62. The molecule has 0 aliphatic rings. The molecule has 0 radical (unpaired) electrons. The SMILES string of the molecule is COc1cc(CNC(=O)[C@@H](NC(=O)c2c(F)cccc2F)C(C)C)cc(OC)c1OC. The molecule has 9 heteroatoms. The van der Waals surface area contributed by atoms with Crippen LogP contribution in [0.15, 0.2) is 30.3 Å². The lowest BCUT2D eigenvalue weighted by Gasteiger charge is -2.22. The van der Waals surface area contributed by atoms with E-state index in [-0.39, 0.29) is 12.5 Å². The molecule has 2 rings (SSSR count). The van der Waals surface area contributed by atoms with Crippen LogP contribution < -0.4 is 24.8 Å². The van der Waals surface area contributed by atoms with E-state index in [2.05, 4.69) is 10.6 Å². The molecule has 31 heavy (non-hydrogen) atoms. The number of ether oxygens (including phenoxy) is 3. The van der Waals surface area contributed by atoms with Crippen LogP contribution >= 0.6 is 0 Å². The van der Waals surface area contributed by atoms with Crippen molar-refractivity contribution in [3.05, 3.63) is 53.1 Å². The summed E-state index contributed by atoms with van der Waals surface area (Å²) < 4.78 is 43.6.